The first-order valence-corrected chi connectivity index (χ1v) is 6.63. The minimum absolute atomic E-state index is 0.199. The first-order valence-electron chi connectivity index (χ1n) is 6.63. The number of carbonyl (C=O) groups is 2. The van der Waals surface area contributed by atoms with Gasteiger partial charge in [-0.15, -0.1) is 0 Å². The van der Waals surface area contributed by atoms with E-state index in [2.05, 4.69) is 15.2 Å². The number of nitrogens with zero attached hydrogens (tertiary/aromatic N) is 2. The Morgan fingerprint density at radius 3 is 2.48 bits per heavy atom. The molecule has 0 unspecified atom stereocenters. The highest BCUT2D eigenvalue weighted by Gasteiger charge is 2.09. The van der Waals surface area contributed by atoms with Crippen LogP contribution in [-0.4, -0.2) is 28.8 Å². The van der Waals surface area contributed by atoms with E-state index < -0.39 is 5.97 Å². The van der Waals surface area contributed by atoms with Crippen LogP contribution in [0.5, 0.6) is 0 Å². The van der Waals surface area contributed by atoms with Crippen LogP contribution in [0.15, 0.2) is 36.5 Å². The normalized spacial score (nSPS) is 10.2. The summed E-state index contributed by atoms with van der Waals surface area (Å²) in [7, 11) is 1.32. The Labute approximate surface area is 122 Å². The highest BCUT2D eigenvalue weighted by molar-refractivity contribution is 5.96. The maximum Gasteiger partial charge on any atom is 0.337 e. The fraction of sp³-hybridized carbons (Fsp3) is 0.267. The molecule has 0 radical (unpaired) electrons. The van der Waals surface area contributed by atoms with Crippen LogP contribution in [0.3, 0.4) is 0 Å². The third-order valence-electron chi connectivity index (χ3n) is 3.10. The first kappa shape index (κ1) is 14.8. The summed E-state index contributed by atoms with van der Waals surface area (Å²) in [6.07, 6.45) is 1.70. The number of carbonyl (C=O) groups excluding carboxylic acids is 2. The molecule has 0 spiro atoms. The average Bonchev–Trinajstić information content (AvgIpc) is 2.99. The van der Waals surface area contributed by atoms with Gasteiger partial charge in [0.15, 0.2) is 0 Å². The van der Waals surface area contributed by atoms with Crippen molar-refractivity contribution in [2.75, 3.05) is 7.11 Å². The molecule has 0 bridgehead atoms. The molecule has 0 aliphatic heterocycles. The first-order chi connectivity index (χ1) is 10.2. The summed E-state index contributed by atoms with van der Waals surface area (Å²) in [4.78, 5) is 23.3. The van der Waals surface area contributed by atoms with Gasteiger partial charge in [-0.2, -0.15) is 5.10 Å². The summed E-state index contributed by atoms with van der Waals surface area (Å²) < 4.78 is 6.43. The van der Waals surface area contributed by atoms with Gasteiger partial charge in [0.05, 0.1) is 24.9 Å². The number of amides is 1. The molecule has 6 nitrogen and oxygen atoms in total. The van der Waals surface area contributed by atoms with E-state index in [1.54, 1.807) is 30.5 Å². The molecular formula is C15H17N3O3. The molecule has 1 N–H and O–H groups in total. The second kappa shape index (κ2) is 6.69. The molecule has 0 fully saturated rings. The van der Waals surface area contributed by atoms with Crippen LogP contribution in [-0.2, 0) is 17.8 Å². The third-order valence-corrected chi connectivity index (χ3v) is 3.10. The molecule has 1 aromatic heterocycles. The molecular weight excluding hydrogens is 270 g/mol. The fourth-order valence-electron chi connectivity index (χ4n) is 1.94. The van der Waals surface area contributed by atoms with E-state index in [1.165, 1.54) is 7.11 Å². The Kier molecular flexibility index (Phi) is 4.71. The lowest BCUT2D eigenvalue weighted by atomic mass is 10.1. The van der Waals surface area contributed by atoms with Crippen LogP contribution in [0.4, 0.5) is 0 Å². The second-order valence-corrected chi connectivity index (χ2v) is 4.39. The number of nitrogens with one attached hydrogen (secondary N) is 1. The van der Waals surface area contributed by atoms with Crippen LogP contribution < -0.4 is 5.32 Å². The number of aryl methyl sites for hydroxylation is 1. The minimum Gasteiger partial charge on any atom is -0.465 e. The van der Waals surface area contributed by atoms with Crippen molar-refractivity contribution in [1.29, 1.82) is 0 Å². The zero-order valence-electron chi connectivity index (χ0n) is 12.0. The number of aromatic nitrogens is 2. The van der Waals surface area contributed by atoms with E-state index in [4.69, 9.17) is 0 Å². The number of methoxy groups -OCH3 is 1. The minimum atomic E-state index is -0.422. The summed E-state index contributed by atoms with van der Waals surface area (Å²) in [5.41, 5.74) is 1.85. The number of benzene rings is 1. The second-order valence-electron chi connectivity index (χ2n) is 4.39. The molecule has 0 aliphatic carbocycles. The highest BCUT2D eigenvalue weighted by Crippen LogP contribution is 2.06. The quantitative estimate of drug-likeness (QED) is 0.848. The van der Waals surface area contributed by atoms with Crippen molar-refractivity contribution in [3.63, 3.8) is 0 Å². The summed E-state index contributed by atoms with van der Waals surface area (Å²) in [6.45, 7) is 3.15. The van der Waals surface area contributed by atoms with Crippen molar-refractivity contribution in [3.05, 3.63) is 53.3 Å². The van der Waals surface area contributed by atoms with Gasteiger partial charge in [0.1, 0.15) is 0 Å². The Morgan fingerprint density at radius 1 is 1.19 bits per heavy atom. The average molecular weight is 287 g/mol. The smallest absolute Gasteiger partial charge is 0.337 e. The molecule has 0 saturated carbocycles. The fourth-order valence-corrected chi connectivity index (χ4v) is 1.94. The standard InChI is InChI=1S/C15H17N3O3/c1-3-18-13(8-9-17-18)10-16-14(19)11-4-6-12(7-5-11)15(20)21-2/h4-9H,3,10H2,1-2H3,(H,16,19). The third kappa shape index (κ3) is 3.47. The van der Waals surface area contributed by atoms with Crippen molar-refractivity contribution in [2.45, 2.75) is 20.0 Å². The molecule has 110 valence electrons. The van der Waals surface area contributed by atoms with Crippen LogP contribution >= 0.6 is 0 Å². The summed E-state index contributed by atoms with van der Waals surface area (Å²) >= 11 is 0. The van der Waals surface area contributed by atoms with Gasteiger partial charge in [-0.05, 0) is 37.3 Å². The molecule has 2 rings (SSSR count). The van der Waals surface area contributed by atoms with Crippen molar-refractivity contribution >= 4 is 11.9 Å². The molecule has 0 aliphatic rings. The van der Waals surface area contributed by atoms with Gasteiger partial charge in [-0.3, -0.25) is 9.48 Å². The SMILES string of the molecule is CCn1nccc1CNC(=O)c1ccc(C(=O)OC)cc1. The zero-order chi connectivity index (χ0) is 15.2. The monoisotopic (exact) mass is 287 g/mol. The van der Waals surface area contributed by atoms with E-state index >= 15 is 0 Å². The maximum atomic E-state index is 12.0. The van der Waals surface area contributed by atoms with Crippen molar-refractivity contribution < 1.29 is 14.3 Å². The lowest BCUT2D eigenvalue weighted by Crippen LogP contribution is -2.24. The van der Waals surface area contributed by atoms with Crippen molar-refractivity contribution in [2.24, 2.45) is 0 Å². The number of hydrogen-bond donors (Lipinski definition) is 1. The van der Waals surface area contributed by atoms with Gasteiger partial charge in [0.25, 0.3) is 5.91 Å². The van der Waals surface area contributed by atoms with Crippen LogP contribution in [0.2, 0.25) is 0 Å². The Morgan fingerprint density at radius 2 is 1.86 bits per heavy atom. The van der Waals surface area contributed by atoms with Gasteiger partial charge in [-0.1, -0.05) is 0 Å². The van der Waals surface area contributed by atoms with E-state index in [-0.39, 0.29) is 5.91 Å². The number of esters is 1. The maximum absolute atomic E-state index is 12.0. The van der Waals surface area contributed by atoms with Gasteiger partial charge < -0.3 is 10.1 Å². The molecule has 1 heterocycles. The largest absolute Gasteiger partial charge is 0.465 e. The Balaban J connectivity index is 1.99. The number of ether oxygens (including phenoxy) is 1. The van der Waals surface area contributed by atoms with Gasteiger partial charge in [0.2, 0.25) is 0 Å². The highest BCUT2D eigenvalue weighted by atomic mass is 16.5. The molecule has 1 aromatic carbocycles. The van der Waals surface area contributed by atoms with Gasteiger partial charge in [0, 0.05) is 18.3 Å². The van der Waals surface area contributed by atoms with Crippen molar-refractivity contribution in [1.82, 2.24) is 15.1 Å². The molecule has 2 aromatic rings. The molecule has 21 heavy (non-hydrogen) atoms. The predicted octanol–water partition coefficient (Wildman–Crippen LogP) is 1.62. The summed E-state index contributed by atoms with van der Waals surface area (Å²) in [5.74, 6) is -0.621. The van der Waals surface area contributed by atoms with Crippen LogP contribution in [0.1, 0.15) is 33.3 Å². The summed E-state index contributed by atoms with van der Waals surface area (Å²) in [6, 6.07) is 8.19. The molecule has 0 atom stereocenters. The van der Waals surface area contributed by atoms with E-state index in [0.29, 0.717) is 17.7 Å². The van der Waals surface area contributed by atoms with Crippen molar-refractivity contribution in [3.8, 4) is 0 Å². The Bertz CT molecular complexity index is 632. The molecule has 1 amide bonds. The van der Waals surface area contributed by atoms with Crippen LogP contribution in [0, 0.1) is 0 Å². The van der Waals surface area contributed by atoms with Gasteiger partial charge >= 0.3 is 5.97 Å². The topological polar surface area (TPSA) is 73.2 Å². The molecule has 0 saturated heterocycles. The van der Waals surface area contributed by atoms with Gasteiger partial charge in [-0.25, -0.2) is 4.79 Å². The lowest BCUT2D eigenvalue weighted by Gasteiger charge is -2.07. The number of hydrogen-bond acceptors (Lipinski definition) is 4. The Hall–Kier alpha value is -2.63. The zero-order valence-corrected chi connectivity index (χ0v) is 12.0. The molecule has 6 heteroatoms. The number of rotatable bonds is 5. The predicted molar refractivity (Wildman–Crippen MR) is 76.9 cm³/mol. The van der Waals surface area contributed by atoms with E-state index in [1.807, 2.05) is 17.7 Å². The van der Waals surface area contributed by atoms with E-state index in [9.17, 15) is 9.59 Å². The summed E-state index contributed by atoms with van der Waals surface area (Å²) in [5, 5.41) is 6.96. The van der Waals surface area contributed by atoms with Crippen LogP contribution in [0.25, 0.3) is 0 Å². The van der Waals surface area contributed by atoms with E-state index in [0.717, 1.165) is 12.2 Å². The lowest BCUT2D eigenvalue weighted by molar-refractivity contribution is 0.0600.